The molecule has 1 aromatic rings. The minimum Gasteiger partial charge on any atom is -0.465 e. The molecule has 0 spiro atoms. The quantitative estimate of drug-likeness (QED) is 0.837. The van der Waals surface area contributed by atoms with Gasteiger partial charge in [0.05, 0.1) is 24.4 Å². The number of esters is 1. The number of halogens is 2. The lowest BCUT2D eigenvalue weighted by Crippen LogP contribution is -2.45. The van der Waals surface area contributed by atoms with Crippen molar-refractivity contribution >= 4 is 17.6 Å². The molecule has 0 fully saturated rings. The van der Waals surface area contributed by atoms with Gasteiger partial charge in [-0.3, -0.25) is 4.79 Å². The van der Waals surface area contributed by atoms with Gasteiger partial charge in [0.25, 0.3) is 0 Å². The Kier molecular flexibility index (Phi) is 5.01. The number of carbonyl (C=O) groups is 2. The molecule has 1 aromatic carbocycles. The molecule has 0 aliphatic heterocycles. The minimum absolute atomic E-state index is 0.332. The van der Waals surface area contributed by atoms with Crippen LogP contribution in [0.15, 0.2) is 12.1 Å². The molecule has 1 amide bonds. The van der Waals surface area contributed by atoms with Crippen molar-refractivity contribution in [2.24, 2.45) is 11.1 Å². The lowest BCUT2D eigenvalue weighted by molar-refractivity contribution is -0.119. The maximum absolute atomic E-state index is 13.7. The Morgan fingerprint density at radius 2 is 1.81 bits per heavy atom. The molecule has 1 rings (SSSR count). The van der Waals surface area contributed by atoms with E-state index in [1.807, 2.05) is 0 Å². The van der Waals surface area contributed by atoms with E-state index in [0.717, 1.165) is 13.2 Å². The third-order valence-corrected chi connectivity index (χ3v) is 2.94. The van der Waals surface area contributed by atoms with Crippen molar-refractivity contribution in [2.45, 2.75) is 26.8 Å². The van der Waals surface area contributed by atoms with E-state index in [-0.39, 0.29) is 5.69 Å². The number of nitrogens with one attached hydrogen (secondary N) is 1. The fourth-order valence-corrected chi connectivity index (χ4v) is 1.51. The second kappa shape index (κ2) is 6.17. The van der Waals surface area contributed by atoms with Crippen LogP contribution < -0.4 is 11.1 Å². The number of ether oxygens (including phenoxy) is 1. The van der Waals surface area contributed by atoms with Crippen molar-refractivity contribution in [3.8, 4) is 0 Å². The van der Waals surface area contributed by atoms with Crippen molar-refractivity contribution in [3.05, 3.63) is 29.3 Å². The highest BCUT2D eigenvalue weighted by atomic mass is 19.1. The number of amides is 1. The van der Waals surface area contributed by atoms with Crippen LogP contribution in [0.3, 0.4) is 0 Å². The van der Waals surface area contributed by atoms with E-state index in [2.05, 4.69) is 10.1 Å². The molecule has 7 heteroatoms. The lowest BCUT2D eigenvalue weighted by atomic mass is 9.87. The van der Waals surface area contributed by atoms with E-state index in [1.165, 1.54) is 0 Å². The molecule has 0 saturated heterocycles. The lowest BCUT2D eigenvalue weighted by Gasteiger charge is -2.25. The van der Waals surface area contributed by atoms with Gasteiger partial charge in [0.15, 0.2) is 0 Å². The van der Waals surface area contributed by atoms with E-state index >= 15 is 0 Å². The summed E-state index contributed by atoms with van der Waals surface area (Å²) in [5.41, 5.74) is 4.40. The molecule has 0 aliphatic carbocycles. The van der Waals surface area contributed by atoms with Crippen LogP contribution in [0.4, 0.5) is 14.5 Å². The van der Waals surface area contributed by atoms with Gasteiger partial charge >= 0.3 is 5.97 Å². The summed E-state index contributed by atoms with van der Waals surface area (Å²) in [7, 11) is 1.07. The highest BCUT2D eigenvalue weighted by Gasteiger charge is 2.28. The third-order valence-electron chi connectivity index (χ3n) is 2.94. The Morgan fingerprint density at radius 1 is 1.24 bits per heavy atom. The predicted molar refractivity (Wildman–Crippen MR) is 73.8 cm³/mol. The average Bonchev–Trinajstić information content (AvgIpc) is 2.38. The van der Waals surface area contributed by atoms with Crippen LogP contribution in [0.2, 0.25) is 0 Å². The summed E-state index contributed by atoms with van der Waals surface area (Å²) in [5.74, 6) is -3.68. The summed E-state index contributed by atoms with van der Waals surface area (Å²) in [6, 6.07) is 0.484. The Labute approximate surface area is 121 Å². The zero-order chi connectivity index (χ0) is 16.4. The summed E-state index contributed by atoms with van der Waals surface area (Å²) in [6.07, 6.45) is 0. The van der Waals surface area contributed by atoms with E-state index in [1.54, 1.807) is 20.8 Å². The van der Waals surface area contributed by atoms with Crippen LogP contribution in [0.1, 0.15) is 31.1 Å². The molecule has 3 N–H and O–H groups in total. The number of anilines is 1. The van der Waals surface area contributed by atoms with Gasteiger partial charge in [0, 0.05) is 6.07 Å². The topological polar surface area (TPSA) is 81.4 Å². The SMILES string of the molecule is COC(=O)c1cc(NC(=O)[C@H](N)C(C)(C)C)c(F)cc1F. The van der Waals surface area contributed by atoms with Crippen LogP contribution in [-0.4, -0.2) is 25.0 Å². The highest BCUT2D eigenvalue weighted by molar-refractivity contribution is 5.97. The van der Waals surface area contributed by atoms with Gasteiger partial charge in [-0.2, -0.15) is 0 Å². The maximum atomic E-state index is 13.7. The average molecular weight is 300 g/mol. The maximum Gasteiger partial charge on any atom is 0.340 e. The van der Waals surface area contributed by atoms with Gasteiger partial charge < -0.3 is 15.8 Å². The third kappa shape index (κ3) is 3.98. The summed E-state index contributed by atoms with van der Waals surface area (Å²) < 4.78 is 31.5. The van der Waals surface area contributed by atoms with Gasteiger partial charge in [-0.05, 0) is 11.5 Å². The summed E-state index contributed by atoms with van der Waals surface area (Å²) in [4.78, 5) is 23.3. The molecule has 116 valence electrons. The van der Waals surface area contributed by atoms with E-state index < -0.39 is 40.5 Å². The Balaban J connectivity index is 3.09. The standard InChI is InChI=1S/C14H18F2N2O3/c1-14(2,3)11(17)12(19)18-10-5-7(13(20)21-4)8(15)6-9(10)16/h5-6,11H,17H2,1-4H3,(H,18,19)/t11-/m0/s1. The molecule has 0 aliphatic rings. The highest BCUT2D eigenvalue weighted by Crippen LogP contribution is 2.23. The molecule has 0 aromatic heterocycles. The molecule has 21 heavy (non-hydrogen) atoms. The number of nitrogens with two attached hydrogens (primary N) is 1. The van der Waals surface area contributed by atoms with Gasteiger partial charge in [-0.15, -0.1) is 0 Å². The zero-order valence-corrected chi connectivity index (χ0v) is 12.3. The van der Waals surface area contributed by atoms with E-state index in [4.69, 9.17) is 5.73 Å². The number of methoxy groups -OCH3 is 1. The molecule has 1 atom stereocenters. The first-order valence-electron chi connectivity index (χ1n) is 6.21. The normalized spacial score (nSPS) is 12.7. The zero-order valence-electron chi connectivity index (χ0n) is 12.3. The first-order valence-corrected chi connectivity index (χ1v) is 6.21. The van der Waals surface area contributed by atoms with Crippen LogP contribution in [0, 0.1) is 17.0 Å². The van der Waals surface area contributed by atoms with Crippen LogP contribution in [-0.2, 0) is 9.53 Å². The van der Waals surface area contributed by atoms with Gasteiger partial charge in [0.1, 0.15) is 11.6 Å². The molecule has 5 nitrogen and oxygen atoms in total. The first-order chi connectivity index (χ1) is 9.57. The minimum atomic E-state index is -1.07. The molecular formula is C14H18F2N2O3. The number of hydrogen-bond donors (Lipinski definition) is 2. The second-order valence-electron chi connectivity index (χ2n) is 5.64. The number of rotatable bonds is 3. The molecular weight excluding hydrogens is 282 g/mol. The molecule has 0 radical (unpaired) electrons. The predicted octanol–water partition coefficient (Wildman–Crippen LogP) is 2.06. The summed E-state index contributed by atoms with van der Waals surface area (Å²) >= 11 is 0. The summed E-state index contributed by atoms with van der Waals surface area (Å²) in [6.45, 7) is 5.24. The van der Waals surface area contributed by atoms with Crippen molar-refractivity contribution < 1.29 is 23.1 Å². The molecule has 0 unspecified atom stereocenters. The Bertz CT molecular complexity index is 568. The fraction of sp³-hybridized carbons (Fsp3) is 0.429. The van der Waals surface area contributed by atoms with E-state index in [0.29, 0.717) is 6.07 Å². The fourth-order valence-electron chi connectivity index (χ4n) is 1.51. The monoisotopic (exact) mass is 300 g/mol. The largest absolute Gasteiger partial charge is 0.465 e. The van der Waals surface area contributed by atoms with E-state index in [9.17, 15) is 18.4 Å². The van der Waals surface area contributed by atoms with Crippen LogP contribution in [0.25, 0.3) is 0 Å². The summed E-state index contributed by atoms with van der Waals surface area (Å²) in [5, 5.41) is 2.25. The number of benzene rings is 1. The number of hydrogen-bond acceptors (Lipinski definition) is 4. The molecule has 0 saturated carbocycles. The smallest absolute Gasteiger partial charge is 0.340 e. The van der Waals surface area contributed by atoms with Crippen LogP contribution >= 0.6 is 0 Å². The van der Waals surface area contributed by atoms with Crippen molar-refractivity contribution in [3.63, 3.8) is 0 Å². The van der Waals surface area contributed by atoms with Crippen molar-refractivity contribution in [1.29, 1.82) is 0 Å². The van der Waals surface area contributed by atoms with Crippen LogP contribution in [0.5, 0.6) is 0 Å². The Hall–Kier alpha value is -2.02. The Morgan fingerprint density at radius 3 is 2.29 bits per heavy atom. The van der Waals surface area contributed by atoms with Crippen molar-refractivity contribution in [2.75, 3.05) is 12.4 Å². The van der Waals surface area contributed by atoms with Gasteiger partial charge in [-0.1, -0.05) is 20.8 Å². The molecule has 0 bridgehead atoms. The number of carbonyl (C=O) groups excluding carboxylic acids is 2. The van der Waals surface area contributed by atoms with Gasteiger partial charge in [0.2, 0.25) is 5.91 Å². The second-order valence-corrected chi connectivity index (χ2v) is 5.64. The van der Waals surface area contributed by atoms with Gasteiger partial charge in [-0.25, -0.2) is 13.6 Å². The molecule has 0 heterocycles. The van der Waals surface area contributed by atoms with Crippen molar-refractivity contribution in [1.82, 2.24) is 0 Å². The first kappa shape index (κ1) is 17.0.